The van der Waals surface area contributed by atoms with Gasteiger partial charge in [0, 0.05) is 17.6 Å². The van der Waals surface area contributed by atoms with E-state index in [1.807, 2.05) is 18.2 Å². The molecule has 0 radical (unpaired) electrons. The van der Waals surface area contributed by atoms with Crippen LogP contribution in [-0.2, 0) is 16.1 Å². The summed E-state index contributed by atoms with van der Waals surface area (Å²) in [4.78, 5) is 30.9. The number of carbonyl (C=O) groups excluding carboxylic acids is 2. The number of likely N-dealkylation sites (N-methyl/N-ethyl adjacent to an activating group) is 1. The van der Waals surface area contributed by atoms with Crippen LogP contribution in [0.1, 0.15) is 21.5 Å². The first-order valence-electron chi connectivity index (χ1n) is 10.6. The Hall–Kier alpha value is -2.97. The van der Waals surface area contributed by atoms with Crippen LogP contribution < -0.4 is 4.74 Å². The van der Waals surface area contributed by atoms with Crippen molar-refractivity contribution in [2.24, 2.45) is 4.99 Å². The van der Waals surface area contributed by atoms with Crippen LogP contribution in [0.4, 0.5) is 5.69 Å². The maximum atomic E-state index is 12.8. The number of rotatable bonds is 6. The lowest BCUT2D eigenvalue weighted by Gasteiger charge is -2.12. The molecule has 6 nitrogen and oxygen atoms in total. The van der Waals surface area contributed by atoms with Gasteiger partial charge in [-0.05, 0) is 65.9 Å². The second-order valence-corrected chi connectivity index (χ2v) is 9.83. The quantitative estimate of drug-likeness (QED) is 0.234. The average Bonchev–Trinajstić information content (AvgIpc) is 3.12. The van der Waals surface area contributed by atoms with Crippen LogP contribution in [0.3, 0.4) is 0 Å². The Morgan fingerprint density at radius 1 is 1.03 bits per heavy atom. The first-order valence-corrected chi connectivity index (χ1v) is 12.5. The number of thioether (sulfide) groups is 1. The fourth-order valence-corrected chi connectivity index (χ4v) is 5.06. The molecule has 0 bridgehead atoms. The minimum Gasteiger partial charge on any atom is -0.486 e. The van der Waals surface area contributed by atoms with Crippen LogP contribution >= 0.6 is 46.6 Å². The third-order valence-corrected chi connectivity index (χ3v) is 7.16. The molecule has 0 aliphatic carbocycles. The van der Waals surface area contributed by atoms with Gasteiger partial charge in [0.2, 0.25) is 0 Å². The molecule has 1 fully saturated rings. The van der Waals surface area contributed by atoms with Crippen LogP contribution in [0.15, 0.2) is 70.6 Å². The number of nitrogens with zero attached hydrogens (tertiary/aromatic N) is 2. The summed E-state index contributed by atoms with van der Waals surface area (Å²) in [6, 6.07) is 17.3. The highest BCUT2D eigenvalue weighted by molar-refractivity contribution is 8.18. The van der Waals surface area contributed by atoms with Gasteiger partial charge in [0.25, 0.3) is 5.91 Å². The molecule has 0 unspecified atom stereocenters. The van der Waals surface area contributed by atoms with Gasteiger partial charge in [-0.3, -0.25) is 9.69 Å². The molecule has 3 aromatic rings. The number of carbonyl (C=O) groups is 2. The molecule has 1 saturated heterocycles. The Morgan fingerprint density at radius 3 is 2.33 bits per heavy atom. The molecule has 4 rings (SSSR count). The van der Waals surface area contributed by atoms with Gasteiger partial charge in [-0.25, -0.2) is 9.79 Å². The maximum Gasteiger partial charge on any atom is 0.337 e. The van der Waals surface area contributed by atoms with Crippen molar-refractivity contribution in [3.8, 4) is 5.75 Å². The highest BCUT2D eigenvalue weighted by Gasteiger charge is 2.30. The molecule has 0 aromatic heterocycles. The summed E-state index contributed by atoms with van der Waals surface area (Å²) >= 11 is 20.3. The van der Waals surface area contributed by atoms with E-state index in [2.05, 4.69) is 4.99 Å². The van der Waals surface area contributed by atoms with Crippen LogP contribution in [-0.4, -0.2) is 36.1 Å². The monoisotopic (exact) mass is 560 g/mol. The van der Waals surface area contributed by atoms with E-state index in [1.54, 1.807) is 55.6 Å². The summed E-state index contributed by atoms with van der Waals surface area (Å²) in [6.07, 6.45) is 1.70. The molecule has 1 aliphatic rings. The van der Waals surface area contributed by atoms with Crippen molar-refractivity contribution in [2.75, 3.05) is 14.2 Å². The van der Waals surface area contributed by atoms with Crippen LogP contribution in [0.5, 0.6) is 5.75 Å². The number of methoxy groups -OCH3 is 1. The predicted molar refractivity (Wildman–Crippen MR) is 145 cm³/mol. The molecule has 1 amide bonds. The zero-order valence-corrected chi connectivity index (χ0v) is 22.2. The SMILES string of the molecule is COC(=O)c1ccc(N=C2SC(=Cc3cc(Cl)c(OCc4ccccc4Cl)c(Cl)c3)C(=O)N2C)cc1. The van der Waals surface area contributed by atoms with Gasteiger partial charge >= 0.3 is 5.97 Å². The van der Waals surface area contributed by atoms with E-state index >= 15 is 0 Å². The topological polar surface area (TPSA) is 68.2 Å². The summed E-state index contributed by atoms with van der Waals surface area (Å²) in [5.74, 6) is -0.309. The van der Waals surface area contributed by atoms with E-state index in [-0.39, 0.29) is 12.5 Å². The fourth-order valence-electron chi connectivity index (χ4n) is 3.27. The molecule has 36 heavy (non-hydrogen) atoms. The normalized spacial score (nSPS) is 15.6. The van der Waals surface area contributed by atoms with Crippen molar-refractivity contribution in [1.82, 2.24) is 4.90 Å². The molecule has 0 atom stereocenters. The number of amides is 1. The van der Waals surface area contributed by atoms with E-state index in [4.69, 9.17) is 44.3 Å². The van der Waals surface area contributed by atoms with Gasteiger partial charge in [0.05, 0.1) is 33.3 Å². The fraction of sp³-hybridized carbons (Fsp3) is 0.115. The number of aliphatic imine (C=N–C) groups is 1. The summed E-state index contributed by atoms with van der Waals surface area (Å²) in [5, 5.41) is 1.70. The standard InChI is InChI=1S/C26H19Cl3N2O4S/c1-31-24(32)22(36-26(31)30-18-9-7-16(8-10-18)25(33)34-2)13-15-11-20(28)23(21(29)12-15)35-14-17-5-3-4-6-19(17)27/h3-13H,14H2,1-2H3. The van der Waals surface area contributed by atoms with Crippen molar-refractivity contribution in [3.63, 3.8) is 0 Å². The smallest absolute Gasteiger partial charge is 0.337 e. The summed E-state index contributed by atoms with van der Waals surface area (Å²) in [5.41, 5.74) is 2.46. The Bertz CT molecular complexity index is 1370. The van der Waals surface area contributed by atoms with E-state index in [9.17, 15) is 9.59 Å². The molecule has 10 heteroatoms. The molecular weight excluding hydrogens is 543 g/mol. The lowest BCUT2D eigenvalue weighted by molar-refractivity contribution is -0.121. The maximum absolute atomic E-state index is 12.8. The van der Waals surface area contributed by atoms with Gasteiger partial charge < -0.3 is 9.47 Å². The molecule has 3 aromatic carbocycles. The van der Waals surface area contributed by atoms with Crippen molar-refractivity contribution >= 4 is 75.4 Å². The molecule has 1 aliphatic heterocycles. The lowest BCUT2D eigenvalue weighted by atomic mass is 10.2. The minimum atomic E-state index is -0.431. The summed E-state index contributed by atoms with van der Waals surface area (Å²) < 4.78 is 10.5. The third kappa shape index (κ3) is 5.87. The highest BCUT2D eigenvalue weighted by atomic mass is 35.5. The van der Waals surface area contributed by atoms with Gasteiger partial charge in [-0.15, -0.1) is 0 Å². The first-order chi connectivity index (χ1) is 17.3. The Morgan fingerprint density at radius 2 is 1.69 bits per heavy atom. The van der Waals surface area contributed by atoms with Crippen molar-refractivity contribution in [1.29, 1.82) is 0 Å². The number of halogens is 3. The number of hydrogen-bond donors (Lipinski definition) is 0. The Labute approximate surface area is 227 Å². The van der Waals surface area contributed by atoms with Crippen molar-refractivity contribution < 1.29 is 19.1 Å². The number of benzene rings is 3. The number of amidine groups is 1. The van der Waals surface area contributed by atoms with Gasteiger partial charge in [0.1, 0.15) is 6.61 Å². The molecule has 0 spiro atoms. The zero-order chi connectivity index (χ0) is 25.8. The second-order valence-electron chi connectivity index (χ2n) is 7.60. The van der Waals surface area contributed by atoms with E-state index < -0.39 is 5.97 Å². The number of hydrogen-bond acceptors (Lipinski definition) is 6. The second kappa shape index (κ2) is 11.4. The largest absolute Gasteiger partial charge is 0.486 e. The van der Waals surface area contributed by atoms with Crippen LogP contribution in [0.25, 0.3) is 6.08 Å². The number of ether oxygens (including phenoxy) is 2. The van der Waals surface area contributed by atoms with E-state index in [0.29, 0.717) is 47.7 Å². The Kier molecular flexibility index (Phi) is 8.26. The molecule has 0 N–H and O–H groups in total. The van der Waals surface area contributed by atoms with Gasteiger partial charge in [-0.2, -0.15) is 0 Å². The highest BCUT2D eigenvalue weighted by Crippen LogP contribution is 2.38. The summed E-state index contributed by atoms with van der Waals surface area (Å²) in [7, 11) is 2.96. The van der Waals surface area contributed by atoms with E-state index in [1.165, 1.54) is 23.8 Å². The van der Waals surface area contributed by atoms with Crippen molar-refractivity contribution in [3.05, 3.63) is 97.3 Å². The summed E-state index contributed by atoms with van der Waals surface area (Å²) in [6.45, 7) is 0.207. The molecular formula is C26H19Cl3N2O4S. The van der Waals surface area contributed by atoms with Gasteiger partial charge in [-0.1, -0.05) is 53.0 Å². The van der Waals surface area contributed by atoms with Crippen LogP contribution in [0, 0.1) is 0 Å². The molecule has 1 heterocycles. The molecule has 0 saturated carbocycles. The third-order valence-electron chi connectivity index (χ3n) is 5.16. The first kappa shape index (κ1) is 26.1. The molecule has 184 valence electrons. The van der Waals surface area contributed by atoms with E-state index in [0.717, 1.165) is 5.56 Å². The number of esters is 1. The lowest BCUT2D eigenvalue weighted by Crippen LogP contribution is -2.23. The Balaban J connectivity index is 1.52. The predicted octanol–water partition coefficient (Wildman–Crippen LogP) is 7.25. The van der Waals surface area contributed by atoms with Gasteiger partial charge in [0.15, 0.2) is 10.9 Å². The van der Waals surface area contributed by atoms with Crippen molar-refractivity contribution in [2.45, 2.75) is 6.61 Å². The minimum absolute atomic E-state index is 0.207. The zero-order valence-electron chi connectivity index (χ0n) is 19.1. The van der Waals surface area contributed by atoms with Crippen LogP contribution in [0.2, 0.25) is 15.1 Å². The average molecular weight is 562 g/mol.